The van der Waals surface area contributed by atoms with Crippen LogP contribution in [0.4, 0.5) is 0 Å². The quantitative estimate of drug-likeness (QED) is 0.947. The second kappa shape index (κ2) is 6.22. The summed E-state index contributed by atoms with van der Waals surface area (Å²) in [5.74, 6) is 0.662. The number of likely N-dealkylation sites (tertiary alicyclic amines) is 1. The summed E-state index contributed by atoms with van der Waals surface area (Å²) in [4.78, 5) is 14.9. The Kier molecular flexibility index (Phi) is 4.13. The van der Waals surface area contributed by atoms with Crippen LogP contribution in [0.1, 0.15) is 46.9 Å². The molecule has 1 atom stereocenters. The van der Waals surface area contributed by atoms with E-state index < -0.39 is 0 Å². The number of aromatic nitrogens is 2. The van der Waals surface area contributed by atoms with Crippen LogP contribution in [-0.2, 0) is 0 Å². The van der Waals surface area contributed by atoms with Crippen LogP contribution < -0.4 is 4.74 Å². The molecule has 1 amide bonds. The number of hydrogen-bond acceptors (Lipinski definition) is 3. The smallest absolute Gasteiger partial charge is 0.258 e. The molecule has 0 spiro atoms. The Labute approximate surface area is 130 Å². The third-order valence-corrected chi connectivity index (χ3v) is 4.23. The summed E-state index contributed by atoms with van der Waals surface area (Å²) in [6.07, 6.45) is 4.85. The van der Waals surface area contributed by atoms with Gasteiger partial charge in [-0.1, -0.05) is 6.07 Å². The van der Waals surface area contributed by atoms with Crippen LogP contribution in [0.15, 0.2) is 30.5 Å². The lowest BCUT2D eigenvalue weighted by Gasteiger charge is -2.35. The van der Waals surface area contributed by atoms with Crippen LogP contribution in [-0.4, -0.2) is 34.7 Å². The van der Waals surface area contributed by atoms with Gasteiger partial charge in [0.1, 0.15) is 5.75 Å². The number of aryl methyl sites for hydroxylation is 1. The lowest BCUT2D eigenvalue weighted by Crippen LogP contribution is -2.38. The molecule has 22 heavy (non-hydrogen) atoms. The molecule has 5 nitrogen and oxygen atoms in total. The highest BCUT2D eigenvalue weighted by atomic mass is 16.5. The topological polar surface area (TPSA) is 58.2 Å². The maximum atomic E-state index is 13.0. The molecular formula is C17H21N3O2. The predicted octanol–water partition coefficient (Wildman–Crippen LogP) is 3.09. The molecular weight excluding hydrogens is 278 g/mol. The number of amides is 1. The largest absolute Gasteiger partial charge is 0.496 e. The minimum absolute atomic E-state index is 0.0242. The van der Waals surface area contributed by atoms with Gasteiger partial charge in [-0.25, -0.2) is 0 Å². The molecule has 1 aromatic carbocycles. The van der Waals surface area contributed by atoms with Gasteiger partial charge in [0, 0.05) is 12.7 Å². The molecule has 116 valence electrons. The van der Waals surface area contributed by atoms with E-state index in [2.05, 4.69) is 10.2 Å². The number of aromatic amines is 1. The molecule has 1 N–H and O–H groups in total. The van der Waals surface area contributed by atoms with Gasteiger partial charge in [0.05, 0.1) is 24.4 Å². The van der Waals surface area contributed by atoms with Crippen LogP contribution in [0.2, 0.25) is 0 Å². The van der Waals surface area contributed by atoms with E-state index in [1.54, 1.807) is 13.3 Å². The van der Waals surface area contributed by atoms with Crippen molar-refractivity contribution in [2.75, 3.05) is 13.7 Å². The average Bonchev–Trinajstić information content (AvgIpc) is 3.08. The lowest BCUT2D eigenvalue weighted by atomic mass is 9.98. The van der Waals surface area contributed by atoms with Crippen molar-refractivity contribution in [2.24, 2.45) is 0 Å². The van der Waals surface area contributed by atoms with Crippen LogP contribution in [0, 0.1) is 6.92 Å². The zero-order valence-electron chi connectivity index (χ0n) is 13.0. The molecule has 1 fully saturated rings. The van der Waals surface area contributed by atoms with E-state index in [-0.39, 0.29) is 11.9 Å². The van der Waals surface area contributed by atoms with Gasteiger partial charge < -0.3 is 9.64 Å². The zero-order valence-corrected chi connectivity index (χ0v) is 13.0. The Bertz CT molecular complexity index is 652. The monoisotopic (exact) mass is 299 g/mol. The number of carbonyl (C=O) groups excluding carboxylic acids is 1. The summed E-state index contributed by atoms with van der Waals surface area (Å²) in [5.41, 5.74) is 2.70. The van der Waals surface area contributed by atoms with E-state index in [9.17, 15) is 4.79 Å². The number of ether oxygens (including phenoxy) is 1. The number of rotatable bonds is 3. The first kappa shape index (κ1) is 14.6. The SMILES string of the molecule is COc1cc(C)ccc1C(=O)N1CCCCC1c1ccn[nH]1. The van der Waals surface area contributed by atoms with Crippen molar-refractivity contribution >= 4 is 5.91 Å². The predicted molar refractivity (Wildman–Crippen MR) is 83.9 cm³/mol. The number of H-pyrrole nitrogens is 1. The third kappa shape index (κ3) is 2.71. The normalized spacial score (nSPS) is 18.3. The summed E-state index contributed by atoms with van der Waals surface area (Å²) in [6.45, 7) is 2.75. The number of methoxy groups -OCH3 is 1. The highest BCUT2D eigenvalue weighted by molar-refractivity contribution is 5.97. The molecule has 1 saturated heterocycles. The van der Waals surface area contributed by atoms with Crippen LogP contribution >= 0.6 is 0 Å². The van der Waals surface area contributed by atoms with E-state index in [1.165, 1.54) is 0 Å². The average molecular weight is 299 g/mol. The minimum atomic E-state index is 0.0242. The summed E-state index contributed by atoms with van der Waals surface area (Å²) >= 11 is 0. The molecule has 1 aliphatic heterocycles. The van der Waals surface area contributed by atoms with E-state index in [4.69, 9.17) is 4.74 Å². The Morgan fingerprint density at radius 3 is 2.95 bits per heavy atom. The zero-order chi connectivity index (χ0) is 15.5. The van der Waals surface area contributed by atoms with Crippen molar-refractivity contribution in [3.8, 4) is 5.75 Å². The molecule has 1 aliphatic rings. The van der Waals surface area contributed by atoms with Crippen molar-refractivity contribution < 1.29 is 9.53 Å². The van der Waals surface area contributed by atoms with Gasteiger partial charge in [-0.2, -0.15) is 5.10 Å². The Morgan fingerprint density at radius 1 is 1.36 bits per heavy atom. The van der Waals surface area contributed by atoms with Gasteiger partial charge in [0.15, 0.2) is 0 Å². The maximum absolute atomic E-state index is 13.0. The first-order chi connectivity index (χ1) is 10.7. The molecule has 0 aliphatic carbocycles. The molecule has 0 bridgehead atoms. The fourth-order valence-electron chi connectivity index (χ4n) is 3.08. The molecule has 2 aromatic rings. The number of nitrogens with one attached hydrogen (secondary N) is 1. The molecule has 5 heteroatoms. The summed E-state index contributed by atoms with van der Waals surface area (Å²) in [6, 6.07) is 7.72. The highest BCUT2D eigenvalue weighted by Gasteiger charge is 2.30. The van der Waals surface area contributed by atoms with Gasteiger partial charge in [-0.15, -0.1) is 0 Å². The van der Waals surface area contributed by atoms with E-state index in [1.807, 2.05) is 36.1 Å². The van der Waals surface area contributed by atoms with Gasteiger partial charge in [0.2, 0.25) is 0 Å². The highest BCUT2D eigenvalue weighted by Crippen LogP contribution is 2.32. The Hall–Kier alpha value is -2.30. The number of piperidine rings is 1. The Morgan fingerprint density at radius 2 is 2.23 bits per heavy atom. The number of nitrogens with zero attached hydrogens (tertiary/aromatic N) is 2. The van der Waals surface area contributed by atoms with Crippen molar-refractivity contribution in [1.82, 2.24) is 15.1 Å². The summed E-state index contributed by atoms with van der Waals surface area (Å²) in [7, 11) is 1.61. The van der Waals surface area contributed by atoms with Crippen molar-refractivity contribution in [3.05, 3.63) is 47.3 Å². The molecule has 0 saturated carbocycles. The molecule has 1 aromatic heterocycles. The molecule has 2 heterocycles. The number of hydrogen-bond donors (Lipinski definition) is 1. The Balaban J connectivity index is 1.92. The van der Waals surface area contributed by atoms with Gasteiger partial charge in [0.25, 0.3) is 5.91 Å². The number of benzene rings is 1. The van der Waals surface area contributed by atoms with Gasteiger partial charge in [-0.05, 0) is 49.9 Å². The fourth-order valence-corrected chi connectivity index (χ4v) is 3.08. The first-order valence-corrected chi connectivity index (χ1v) is 7.65. The van der Waals surface area contributed by atoms with Crippen LogP contribution in [0.3, 0.4) is 0 Å². The van der Waals surface area contributed by atoms with E-state index in [0.29, 0.717) is 11.3 Å². The van der Waals surface area contributed by atoms with Gasteiger partial charge >= 0.3 is 0 Å². The van der Waals surface area contributed by atoms with Gasteiger partial charge in [-0.3, -0.25) is 9.89 Å². The maximum Gasteiger partial charge on any atom is 0.258 e. The summed E-state index contributed by atoms with van der Waals surface area (Å²) in [5, 5.41) is 7.03. The molecule has 3 rings (SSSR count). The standard InChI is InChI=1S/C17H21N3O2/c1-12-6-7-13(16(11-12)22-2)17(21)20-10-4-3-5-15(20)14-8-9-18-19-14/h6-9,11,15H,3-5,10H2,1-2H3,(H,18,19). The van der Waals surface area contributed by atoms with Crippen molar-refractivity contribution in [2.45, 2.75) is 32.2 Å². The van der Waals surface area contributed by atoms with E-state index in [0.717, 1.165) is 37.1 Å². The molecule has 1 unspecified atom stereocenters. The van der Waals surface area contributed by atoms with Crippen molar-refractivity contribution in [1.29, 1.82) is 0 Å². The first-order valence-electron chi connectivity index (χ1n) is 7.65. The molecule has 0 radical (unpaired) electrons. The second-order valence-corrected chi connectivity index (χ2v) is 5.73. The summed E-state index contributed by atoms with van der Waals surface area (Å²) < 4.78 is 5.40. The van der Waals surface area contributed by atoms with Crippen LogP contribution in [0.5, 0.6) is 5.75 Å². The second-order valence-electron chi connectivity index (χ2n) is 5.73. The van der Waals surface area contributed by atoms with Crippen LogP contribution in [0.25, 0.3) is 0 Å². The number of carbonyl (C=O) groups is 1. The van der Waals surface area contributed by atoms with Crippen molar-refractivity contribution in [3.63, 3.8) is 0 Å². The third-order valence-electron chi connectivity index (χ3n) is 4.23. The fraction of sp³-hybridized carbons (Fsp3) is 0.412. The lowest BCUT2D eigenvalue weighted by molar-refractivity contribution is 0.0602. The minimum Gasteiger partial charge on any atom is -0.496 e. The van der Waals surface area contributed by atoms with E-state index >= 15 is 0 Å².